The third-order valence-corrected chi connectivity index (χ3v) is 5.74. The van der Waals surface area contributed by atoms with Crippen LogP contribution < -0.4 is 10.6 Å². The van der Waals surface area contributed by atoms with Gasteiger partial charge in [-0.25, -0.2) is 13.2 Å². The fourth-order valence-electron chi connectivity index (χ4n) is 2.66. The zero-order chi connectivity index (χ0) is 17.0. The summed E-state index contributed by atoms with van der Waals surface area (Å²) in [7, 11) is -3.19. The Labute approximate surface area is 138 Å². The van der Waals surface area contributed by atoms with Crippen molar-refractivity contribution in [3.63, 3.8) is 0 Å². The van der Waals surface area contributed by atoms with Crippen molar-refractivity contribution < 1.29 is 13.2 Å². The number of carbonyl (C=O) groups excluding carboxylic acids is 1. The number of hydrogen-bond acceptors (Lipinski definition) is 3. The van der Waals surface area contributed by atoms with E-state index in [0.29, 0.717) is 31.6 Å². The van der Waals surface area contributed by atoms with Gasteiger partial charge >= 0.3 is 6.03 Å². The minimum absolute atomic E-state index is 0.0577. The fourth-order valence-corrected chi connectivity index (χ4v) is 4.14. The molecule has 1 aliphatic rings. The molecule has 0 atom stereocenters. The zero-order valence-electron chi connectivity index (χ0n) is 13.9. The number of nitrogens with one attached hydrogen (secondary N) is 2. The second kappa shape index (κ2) is 7.31. The SMILES string of the molecule is CCCS(=O)(=O)N1CCc2ccc(NC(=O)NC(C)C)cc2C1. The van der Waals surface area contributed by atoms with Crippen LogP contribution in [0.4, 0.5) is 10.5 Å². The number of sulfonamides is 1. The van der Waals surface area contributed by atoms with Crippen LogP contribution in [0.5, 0.6) is 0 Å². The summed E-state index contributed by atoms with van der Waals surface area (Å²) in [5.41, 5.74) is 2.78. The van der Waals surface area contributed by atoms with Gasteiger partial charge in [0.05, 0.1) is 5.75 Å². The van der Waals surface area contributed by atoms with E-state index >= 15 is 0 Å². The molecule has 2 amide bonds. The average molecular weight is 339 g/mol. The molecule has 0 spiro atoms. The molecule has 0 aliphatic carbocycles. The maximum Gasteiger partial charge on any atom is 0.319 e. The van der Waals surface area contributed by atoms with Crippen LogP contribution in [0.3, 0.4) is 0 Å². The van der Waals surface area contributed by atoms with E-state index < -0.39 is 10.0 Å². The predicted molar refractivity (Wildman–Crippen MR) is 91.9 cm³/mol. The van der Waals surface area contributed by atoms with Crippen LogP contribution in [0.25, 0.3) is 0 Å². The van der Waals surface area contributed by atoms with E-state index in [1.807, 2.05) is 39.0 Å². The van der Waals surface area contributed by atoms with Gasteiger partial charge in [-0.15, -0.1) is 0 Å². The van der Waals surface area contributed by atoms with Crippen molar-refractivity contribution in [1.82, 2.24) is 9.62 Å². The van der Waals surface area contributed by atoms with Crippen LogP contribution in [0.15, 0.2) is 18.2 Å². The van der Waals surface area contributed by atoms with Gasteiger partial charge in [-0.1, -0.05) is 13.0 Å². The summed E-state index contributed by atoms with van der Waals surface area (Å²) in [6, 6.07) is 5.48. The molecule has 0 bridgehead atoms. The highest BCUT2D eigenvalue weighted by Gasteiger charge is 2.26. The highest BCUT2D eigenvalue weighted by Crippen LogP contribution is 2.24. The molecule has 1 aliphatic heterocycles. The molecule has 0 radical (unpaired) electrons. The van der Waals surface area contributed by atoms with E-state index in [9.17, 15) is 13.2 Å². The normalized spacial score (nSPS) is 15.3. The first-order valence-corrected chi connectivity index (χ1v) is 9.60. The van der Waals surface area contributed by atoms with Crippen LogP contribution in [0, 0.1) is 0 Å². The number of amides is 2. The molecule has 1 aromatic carbocycles. The minimum Gasteiger partial charge on any atom is -0.336 e. The second-order valence-electron chi connectivity index (χ2n) is 6.14. The Kier molecular flexibility index (Phi) is 5.64. The van der Waals surface area contributed by atoms with Gasteiger partial charge in [0.15, 0.2) is 0 Å². The first-order chi connectivity index (χ1) is 10.8. The second-order valence-corrected chi connectivity index (χ2v) is 8.22. The van der Waals surface area contributed by atoms with Crippen LogP contribution in [0.2, 0.25) is 0 Å². The molecule has 2 N–H and O–H groups in total. The fraction of sp³-hybridized carbons (Fsp3) is 0.562. The Morgan fingerprint density at radius 1 is 1.30 bits per heavy atom. The molecule has 2 rings (SSSR count). The molecule has 6 nitrogen and oxygen atoms in total. The Balaban J connectivity index is 2.12. The molecule has 0 aromatic heterocycles. The number of nitrogens with zero attached hydrogens (tertiary/aromatic N) is 1. The third kappa shape index (κ3) is 4.68. The lowest BCUT2D eigenvalue weighted by Crippen LogP contribution is -2.37. The maximum absolute atomic E-state index is 12.2. The number of anilines is 1. The monoisotopic (exact) mass is 339 g/mol. The lowest BCUT2D eigenvalue weighted by Gasteiger charge is -2.28. The number of hydrogen-bond donors (Lipinski definition) is 2. The molecule has 0 saturated carbocycles. The van der Waals surface area contributed by atoms with Crippen LogP contribution in [-0.2, 0) is 23.0 Å². The lowest BCUT2D eigenvalue weighted by molar-refractivity contribution is 0.250. The van der Waals surface area contributed by atoms with E-state index in [1.54, 1.807) is 0 Å². The minimum atomic E-state index is -3.19. The quantitative estimate of drug-likeness (QED) is 0.864. The van der Waals surface area contributed by atoms with Crippen molar-refractivity contribution in [2.75, 3.05) is 17.6 Å². The largest absolute Gasteiger partial charge is 0.336 e. The molecule has 7 heteroatoms. The zero-order valence-corrected chi connectivity index (χ0v) is 14.7. The molecule has 1 heterocycles. The lowest BCUT2D eigenvalue weighted by atomic mass is 10.0. The van der Waals surface area contributed by atoms with Crippen molar-refractivity contribution in [2.45, 2.75) is 46.2 Å². The van der Waals surface area contributed by atoms with Crippen molar-refractivity contribution >= 4 is 21.7 Å². The summed E-state index contributed by atoms with van der Waals surface area (Å²) in [6.07, 6.45) is 1.32. The third-order valence-electron chi connectivity index (χ3n) is 3.72. The molecular formula is C16H25N3O3S. The van der Waals surface area contributed by atoms with E-state index in [1.165, 1.54) is 4.31 Å². The van der Waals surface area contributed by atoms with E-state index in [4.69, 9.17) is 0 Å². The molecule has 0 saturated heterocycles. The van der Waals surface area contributed by atoms with Gasteiger partial charge in [0.2, 0.25) is 10.0 Å². The average Bonchev–Trinajstić information content (AvgIpc) is 2.45. The van der Waals surface area contributed by atoms with Gasteiger partial charge in [-0.05, 0) is 49.9 Å². The summed E-state index contributed by atoms with van der Waals surface area (Å²) in [5.74, 6) is 0.178. The number of urea groups is 1. The van der Waals surface area contributed by atoms with E-state index in [-0.39, 0.29) is 17.8 Å². The van der Waals surface area contributed by atoms with Crippen LogP contribution in [-0.4, -0.2) is 37.1 Å². The van der Waals surface area contributed by atoms with Crippen molar-refractivity contribution in [2.24, 2.45) is 0 Å². The molecule has 1 aromatic rings. The van der Waals surface area contributed by atoms with Gasteiger partial charge in [0.1, 0.15) is 0 Å². The van der Waals surface area contributed by atoms with Gasteiger partial charge in [-0.2, -0.15) is 4.31 Å². The first kappa shape index (κ1) is 17.7. The summed E-state index contributed by atoms with van der Waals surface area (Å²) in [6.45, 7) is 6.55. The highest BCUT2D eigenvalue weighted by atomic mass is 32.2. The Hall–Kier alpha value is -1.60. The molecule has 0 unspecified atom stereocenters. The van der Waals surface area contributed by atoms with Crippen molar-refractivity contribution in [3.05, 3.63) is 29.3 Å². The Morgan fingerprint density at radius 2 is 2.04 bits per heavy atom. The van der Waals surface area contributed by atoms with Crippen LogP contribution >= 0.6 is 0 Å². The first-order valence-electron chi connectivity index (χ1n) is 7.99. The van der Waals surface area contributed by atoms with Crippen molar-refractivity contribution in [1.29, 1.82) is 0 Å². The molecule has 0 fully saturated rings. The number of rotatable bonds is 5. The van der Waals surface area contributed by atoms with Gasteiger partial charge < -0.3 is 10.6 Å². The highest BCUT2D eigenvalue weighted by molar-refractivity contribution is 7.89. The summed E-state index contributed by atoms with van der Waals surface area (Å²) in [4.78, 5) is 11.8. The van der Waals surface area contributed by atoms with Gasteiger partial charge in [0, 0.05) is 24.8 Å². The van der Waals surface area contributed by atoms with Crippen molar-refractivity contribution in [3.8, 4) is 0 Å². The standard InChI is InChI=1S/C16H25N3O3S/c1-4-9-23(21,22)19-8-7-13-5-6-15(10-14(13)11-19)18-16(20)17-12(2)3/h5-6,10,12H,4,7-9,11H2,1-3H3,(H2,17,18,20). The molecule has 23 heavy (non-hydrogen) atoms. The number of benzene rings is 1. The number of fused-ring (bicyclic) bond motifs is 1. The smallest absolute Gasteiger partial charge is 0.319 e. The summed E-state index contributed by atoms with van der Waals surface area (Å²) < 4.78 is 26.0. The topological polar surface area (TPSA) is 78.5 Å². The van der Waals surface area contributed by atoms with Gasteiger partial charge in [0.25, 0.3) is 0 Å². The van der Waals surface area contributed by atoms with E-state index in [2.05, 4.69) is 10.6 Å². The molecule has 128 valence electrons. The predicted octanol–water partition coefficient (Wildman–Crippen LogP) is 2.31. The molecular weight excluding hydrogens is 314 g/mol. The number of carbonyl (C=O) groups is 1. The van der Waals surface area contributed by atoms with Crippen LogP contribution in [0.1, 0.15) is 38.3 Å². The van der Waals surface area contributed by atoms with Gasteiger partial charge in [-0.3, -0.25) is 0 Å². The van der Waals surface area contributed by atoms with E-state index in [0.717, 1.165) is 11.1 Å². The summed E-state index contributed by atoms with van der Waals surface area (Å²) in [5, 5.41) is 5.55. The Morgan fingerprint density at radius 3 is 2.70 bits per heavy atom. The summed E-state index contributed by atoms with van der Waals surface area (Å²) >= 11 is 0. The Bertz CT molecular complexity index is 671. The maximum atomic E-state index is 12.2.